The molecule has 5 heteroatoms. The summed E-state index contributed by atoms with van der Waals surface area (Å²) >= 11 is 6.29. The van der Waals surface area contributed by atoms with Gasteiger partial charge < -0.3 is 14.8 Å². The molecule has 4 nitrogen and oxygen atoms in total. The lowest BCUT2D eigenvalue weighted by Crippen LogP contribution is -2.44. The van der Waals surface area contributed by atoms with Gasteiger partial charge in [-0.1, -0.05) is 48.9 Å². The molecule has 0 radical (unpaired) electrons. The third kappa shape index (κ3) is 4.02. The van der Waals surface area contributed by atoms with Crippen LogP contribution in [0.1, 0.15) is 31.7 Å². The second-order valence-electron chi connectivity index (χ2n) is 6.51. The molecule has 3 rings (SSSR count). The van der Waals surface area contributed by atoms with Crippen molar-refractivity contribution in [2.45, 2.75) is 31.6 Å². The number of nitrogens with one attached hydrogen (secondary N) is 1. The molecule has 2 aromatic rings. The normalized spacial score (nSPS) is 16.1. The maximum Gasteiger partial charge on any atom is 0.235 e. The van der Waals surface area contributed by atoms with E-state index in [1.807, 2.05) is 43.3 Å². The van der Waals surface area contributed by atoms with E-state index in [-0.39, 0.29) is 5.91 Å². The average molecular weight is 374 g/mol. The summed E-state index contributed by atoms with van der Waals surface area (Å²) in [6.45, 7) is 3.81. The number of carbonyl (C=O) groups excluding carboxylic acids is 1. The molecule has 2 aromatic carbocycles. The summed E-state index contributed by atoms with van der Waals surface area (Å²) in [6.07, 6.45) is 2.24. The summed E-state index contributed by atoms with van der Waals surface area (Å²) in [5.41, 5.74) is 1.11. The minimum Gasteiger partial charge on any atom is -0.492 e. The first-order valence-corrected chi connectivity index (χ1v) is 9.40. The van der Waals surface area contributed by atoms with Crippen LogP contribution in [0.5, 0.6) is 5.75 Å². The Hall–Kier alpha value is -2.04. The Labute approximate surface area is 159 Å². The van der Waals surface area contributed by atoms with Crippen LogP contribution in [0.4, 0.5) is 5.69 Å². The van der Waals surface area contributed by atoms with Crippen LogP contribution in [0.25, 0.3) is 0 Å². The predicted molar refractivity (Wildman–Crippen MR) is 104 cm³/mol. The molecule has 1 amide bonds. The first kappa shape index (κ1) is 18.7. The molecule has 0 saturated carbocycles. The topological polar surface area (TPSA) is 47.6 Å². The van der Waals surface area contributed by atoms with Crippen molar-refractivity contribution in [3.8, 4) is 5.75 Å². The van der Waals surface area contributed by atoms with Gasteiger partial charge in [-0.3, -0.25) is 4.79 Å². The summed E-state index contributed by atoms with van der Waals surface area (Å²) in [5.74, 6) is 0.612. The molecule has 1 aliphatic heterocycles. The molecule has 0 unspecified atom stereocenters. The Morgan fingerprint density at radius 3 is 2.58 bits per heavy atom. The minimum atomic E-state index is -0.580. The standard InChI is InChI=1S/C21H24ClNO3/c1-2-12-26-19-9-8-17(15-18(19)22)23-20(24)21(10-13-25-14-11-21)16-6-4-3-5-7-16/h3-9,15H,2,10-14H2,1H3,(H,23,24). The molecule has 0 aromatic heterocycles. The Morgan fingerprint density at radius 2 is 1.92 bits per heavy atom. The van der Waals surface area contributed by atoms with Gasteiger partial charge in [0.1, 0.15) is 5.75 Å². The number of carbonyl (C=O) groups is 1. The first-order valence-electron chi connectivity index (χ1n) is 9.03. The molecule has 0 bridgehead atoms. The molecule has 0 aliphatic carbocycles. The van der Waals surface area contributed by atoms with E-state index < -0.39 is 5.41 Å². The fourth-order valence-electron chi connectivity index (χ4n) is 3.28. The van der Waals surface area contributed by atoms with Gasteiger partial charge in [-0.15, -0.1) is 0 Å². The van der Waals surface area contributed by atoms with E-state index in [4.69, 9.17) is 21.1 Å². The SMILES string of the molecule is CCCOc1ccc(NC(=O)C2(c3ccccc3)CCOCC2)cc1Cl. The molecular weight excluding hydrogens is 350 g/mol. The summed E-state index contributed by atoms with van der Waals surface area (Å²) in [4.78, 5) is 13.2. The Balaban J connectivity index is 1.81. The largest absolute Gasteiger partial charge is 0.492 e. The lowest BCUT2D eigenvalue weighted by molar-refractivity contribution is -0.125. The van der Waals surface area contributed by atoms with Crippen molar-refractivity contribution in [3.05, 3.63) is 59.1 Å². The van der Waals surface area contributed by atoms with Gasteiger partial charge in [0.2, 0.25) is 5.91 Å². The fraction of sp³-hybridized carbons (Fsp3) is 0.381. The van der Waals surface area contributed by atoms with Crippen molar-refractivity contribution in [2.24, 2.45) is 0 Å². The van der Waals surface area contributed by atoms with E-state index in [1.165, 1.54) is 0 Å². The second-order valence-corrected chi connectivity index (χ2v) is 6.92. The van der Waals surface area contributed by atoms with E-state index in [0.717, 1.165) is 12.0 Å². The molecule has 1 saturated heterocycles. The highest BCUT2D eigenvalue weighted by Gasteiger charge is 2.41. The molecular formula is C21H24ClNO3. The van der Waals surface area contributed by atoms with E-state index >= 15 is 0 Å². The Kier molecular flexibility index (Phi) is 6.17. The van der Waals surface area contributed by atoms with Gasteiger partial charge in [-0.25, -0.2) is 0 Å². The molecule has 1 aliphatic rings. The molecule has 0 spiro atoms. The fourth-order valence-corrected chi connectivity index (χ4v) is 3.52. The van der Waals surface area contributed by atoms with Crippen LogP contribution in [0.15, 0.2) is 48.5 Å². The van der Waals surface area contributed by atoms with E-state index in [1.54, 1.807) is 12.1 Å². The third-order valence-corrected chi connectivity index (χ3v) is 5.05. The van der Waals surface area contributed by atoms with Crippen LogP contribution in [-0.2, 0) is 14.9 Å². The third-order valence-electron chi connectivity index (χ3n) is 4.76. The van der Waals surface area contributed by atoms with Crippen molar-refractivity contribution in [1.82, 2.24) is 0 Å². The highest BCUT2D eigenvalue weighted by atomic mass is 35.5. The van der Waals surface area contributed by atoms with Crippen LogP contribution >= 0.6 is 11.6 Å². The van der Waals surface area contributed by atoms with Gasteiger partial charge in [-0.2, -0.15) is 0 Å². The number of benzene rings is 2. The molecule has 1 heterocycles. The molecule has 138 valence electrons. The number of anilines is 1. The molecule has 26 heavy (non-hydrogen) atoms. The minimum absolute atomic E-state index is 0.0229. The van der Waals surface area contributed by atoms with Gasteiger partial charge >= 0.3 is 0 Å². The lowest BCUT2D eigenvalue weighted by atomic mass is 9.73. The average Bonchev–Trinajstić information content (AvgIpc) is 2.68. The van der Waals surface area contributed by atoms with Crippen molar-refractivity contribution >= 4 is 23.2 Å². The lowest BCUT2D eigenvalue weighted by Gasteiger charge is -2.36. The van der Waals surface area contributed by atoms with Crippen LogP contribution in [0.3, 0.4) is 0 Å². The number of halogens is 1. The van der Waals surface area contributed by atoms with Crippen LogP contribution < -0.4 is 10.1 Å². The van der Waals surface area contributed by atoms with Crippen molar-refractivity contribution < 1.29 is 14.3 Å². The number of hydrogen-bond donors (Lipinski definition) is 1. The number of hydrogen-bond acceptors (Lipinski definition) is 3. The van der Waals surface area contributed by atoms with Crippen molar-refractivity contribution in [1.29, 1.82) is 0 Å². The van der Waals surface area contributed by atoms with Crippen LogP contribution in [0, 0.1) is 0 Å². The zero-order valence-corrected chi connectivity index (χ0v) is 15.7. The molecule has 1 fully saturated rings. The van der Waals surface area contributed by atoms with Gasteiger partial charge in [0.25, 0.3) is 0 Å². The highest BCUT2D eigenvalue weighted by Crippen LogP contribution is 2.37. The van der Waals surface area contributed by atoms with E-state index in [0.29, 0.717) is 49.1 Å². The number of amides is 1. The summed E-state index contributed by atoms with van der Waals surface area (Å²) in [5, 5.41) is 3.54. The van der Waals surface area contributed by atoms with Gasteiger partial charge in [0.05, 0.1) is 17.0 Å². The molecule has 0 atom stereocenters. The Morgan fingerprint density at radius 1 is 1.19 bits per heavy atom. The highest BCUT2D eigenvalue weighted by molar-refractivity contribution is 6.32. The molecule has 1 N–H and O–H groups in total. The summed E-state index contributed by atoms with van der Waals surface area (Å²) in [7, 11) is 0. The van der Waals surface area contributed by atoms with E-state index in [9.17, 15) is 4.79 Å². The van der Waals surface area contributed by atoms with Crippen molar-refractivity contribution in [2.75, 3.05) is 25.1 Å². The maximum absolute atomic E-state index is 13.2. The number of ether oxygens (including phenoxy) is 2. The predicted octanol–water partition coefficient (Wildman–Crippen LogP) is 4.82. The maximum atomic E-state index is 13.2. The Bertz CT molecular complexity index is 742. The monoisotopic (exact) mass is 373 g/mol. The van der Waals surface area contributed by atoms with Crippen LogP contribution in [-0.4, -0.2) is 25.7 Å². The summed E-state index contributed by atoms with van der Waals surface area (Å²) in [6, 6.07) is 15.3. The van der Waals surface area contributed by atoms with Gasteiger partial charge in [0.15, 0.2) is 0 Å². The van der Waals surface area contributed by atoms with Crippen molar-refractivity contribution in [3.63, 3.8) is 0 Å². The summed E-state index contributed by atoms with van der Waals surface area (Å²) < 4.78 is 11.1. The first-order chi connectivity index (χ1) is 12.7. The van der Waals surface area contributed by atoms with Gasteiger partial charge in [-0.05, 0) is 43.0 Å². The van der Waals surface area contributed by atoms with Crippen LogP contribution in [0.2, 0.25) is 5.02 Å². The van der Waals surface area contributed by atoms with Gasteiger partial charge in [0, 0.05) is 18.9 Å². The van der Waals surface area contributed by atoms with E-state index in [2.05, 4.69) is 5.32 Å². The number of rotatable bonds is 6. The zero-order valence-electron chi connectivity index (χ0n) is 15.0. The quantitative estimate of drug-likeness (QED) is 0.789. The second kappa shape index (κ2) is 8.56. The smallest absolute Gasteiger partial charge is 0.235 e. The zero-order chi connectivity index (χ0) is 18.4.